The second kappa shape index (κ2) is 9.73. The molecule has 0 saturated heterocycles. The van der Waals surface area contributed by atoms with E-state index in [0.29, 0.717) is 17.3 Å². The third-order valence-corrected chi connectivity index (χ3v) is 4.88. The third kappa shape index (κ3) is 5.13. The van der Waals surface area contributed by atoms with Gasteiger partial charge in [0.25, 0.3) is 11.1 Å². The lowest BCUT2D eigenvalue weighted by Gasteiger charge is -2.23. The quantitative estimate of drug-likeness (QED) is 0.544. The van der Waals surface area contributed by atoms with Crippen molar-refractivity contribution < 1.29 is 4.79 Å². The van der Waals surface area contributed by atoms with Gasteiger partial charge in [-0.3, -0.25) is 19.5 Å². The molecule has 2 N–H and O–H groups in total. The van der Waals surface area contributed by atoms with Gasteiger partial charge in [0.05, 0.1) is 17.3 Å². The number of aryl methyl sites for hydroxylation is 1. The van der Waals surface area contributed by atoms with E-state index >= 15 is 0 Å². The van der Waals surface area contributed by atoms with E-state index in [2.05, 4.69) is 34.4 Å². The zero-order valence-corrected chi connectivity index (χ0v) is 16.6. The number of para-hydroxylation sites is 1. The van der Waals surface area contributed by atoms with Crippen molar-refractivity contribution in [2.24, 2.45) is 0 Å². The Morgan fingerprint density at radius 2 is 1.72 bits per heavy atom. The van der Waals surface area contributed by atoms with Crippen LogP contribution in [0.1, 0.15) is 19.8 Å². The number of anilines is 1. The van der Waals surface area contributed by atoms with Crippen molar-refractivity contribution >= 4 is 22.4 Å². The summed E-state index contributed by atoms with van der Waals surface area (Å²) in [5.41, 5.74) is 0.539. The van der Waals surface area contributed by atoms with Crippen LogP contribution in [-0.4, -0.2) is 35.3 Å². The van der Waals surface area contributed by atoms with Gasteiger partial charge in [-0.1, -0.05) is 30.3 Å². The summed E-state index contributed by atoms with van der Waals surface area (Å²) in [6.07, 6.45) is 0.950. The second-order valence-corrected chi connectivity index (χ2v) is 6.81. The molecule has 0 unspecified atom stereocenters. The molecule has 0 aliphatic rings. The molecule has 2 aromatic carbocycles. The van der Waals surface area contributed by atoms with Gasteiger partial charge in [-0.2, -0.15) is 0 Å². The molecule has 0 saturated carbocycles. The number of fused-ring (bicyclic) bond motifs is 1. The maximum absolute atomic E-state index is 12.5. The van der Waals surface area contributed by atoms with E-state index in [9.17, 15) is 14.4 Å². The number of carbonyl (C=O) groups is 1. The summed E-state index contributed by atoms with van der Waals surface area (Å²) in [5.74, 6) is -0.145. The molecule has 0 atom stereocenters. The highest BCUT2D eigenvalue weighted by Crippen LogP contribution is 2.12. The van der Waals surface area contributed by atoms with Crippen LogP contribution in [0.3, 0.4) is 0 Å². The number of carbonyl (C=O) groups excluding carboxylic acids is 1. The second-order valence-electron chi connectivity index (χ2n) is 6.81. The minimum absolute atomic E-state index is 0.129. The number of benzene rings is 2. The number of hydrogen-bond donors (Lipinski definition) is 2. The smallest absolute Gasteiger partial charge is 0.273 e. The predicted molar refractivity (Wildman–Crippen MR) is 115 cm³/mol. The summed E-state index contributed by atoms with van der Waals surface area (Å²) < 4.78 is 1.21. The summed E-state index contributed by atoms with van der Waals surface area (Å²) in [5, 5.41) is 6.14. The first kappa shape index (κ1) is 20.4. The van der Waals surface area contributed by atoms with Gasteiger partial charge in [-0.25, -0.2) is 4.68 Å². The first-order chi connectivity index (χ1) is 14.1. The van der Waals surface area contributed by atoms with Crippen LogP contribution in [0.5, 0.6) is 0 Å². The van der Waals surface area contributed by atoms with Crippen molar-refractivity contribution in [1.82, 2.24) is 15.1 Å². The number of amides is 1. The summed E-state index contributed by atoms with van der Waals surface area (Å²) in [6, 6.07) is 16.8. The Hall–Kier alpha value is -3.35. The lowest BCUT2D eigenvalue weighted by Crippen LogP contribution is -2.33. The Kier molecular flexibility index (Phi) is 6.84. The monoisotopic (exact) mass is 394 g/mol. The number of aromatic amines is 1. The van der Waals surface area contributed by atoms with Gasteiger partial charge in [0.1, 0.15) is 0 Å². The largest absolute Gasteiger partial charge is 0.372 e. The summed E-state index contributed by atoms with van der Waals surface area (Å²) in [6.45, 7) is 4.54. The number of aromatic nitrogens is 2. The van der Waals surface area contributed by atoms with Gasteiger partial charge in [0.15, 0.2) is 0 Å². The highest BCUT2D eigenvalue weighted by molar-refractivity contribution is 5.80. The molecular weight excluding hydrogens is 368 g/mol. The van der Waals surface area contributed by atoms with E-state index in [1.54, 1.807) is 24.3 Å². The fourth-order valence-corrected chi connectivity index (χ4v) is 3.31. The van der Waals surface area contributed by atoms with Gasteiger partial charge in [0.2, 0.25) is 5.91 Å². The lowest BCUT2D eigenvalue weighted by atomic mass is 10.2. The van der Waals surface area contributed by atoms with E-state index in [-0.39, 0.29) is 30.0 Å². The van der Waals surface area contributed by atoms with Crippen LogP contribution in [0.25, 0.3) is 10.8 Å². The lowest BCUT2D eigenvalue weighted by molar-refractivity contribution is -0.121. The Balaban J connectivity index is 1.48. The highest BCUT2D eigenvalue weighted by Gasteiger charge is 2.09. The molecule has 0 aliphatic carbocycles. The summed E-state index contributed by atoms with van der Waals surface area (Å²) in [4.78, 5) is 38.9. The van der Waals surface area contributed by atoms with Gasteiger partial charge < -0.3 is 10.2 Å². The Morgan fingerprint density at radius 1 is 1.03 bits per heavy atom. The molecular formula is C22H26N4O3. The van der Waals surface area contributed by atoms with Crippen molar-refractivity contribution in [1.29, 1.82) is 0 Å². The maximum atomic E-state index is 12.5. The molecule has 7 nitrogen and oxygen atoms in total. The molecule has 0 radical (unpaired) electrons. The van der Waals surface area contributed by atoms with E-state index in [4.69, 9.17) is 0 Å². The molecule has 1 heterocycles. The number of H-pyrrole nitrogens is 1. The van der Waals surface area contributed by atoms with Gasteiger partial charge >= 0.3 is 0 Å². The average molecular weight is 394 g/mol. The van der Waals surface area contributed by atoms with Crippen LogP contribution in [0.2, 0.25) is 0 Å². The van der Waals surface area contributed by atoms with Crippen molar-refractivity contribution in [2.45, 2.75) is 26.3 Å². The van der Waals surface area contributed by atoms with Crippen molar-refractivity contribution in [2.75, 3.05) is 24.5 Å². The fraction of sp³-hybridized carbons (Fsp3) is 0.318. The molecule has 3 aromatic rings. The number of hydrogen-bond acceptors (Lipinski definition) is 4. The van der Waals surface area contributed by atoms with Crippen molar-refractivity contribution in [3.63, 3.8) is 0 Å². The van der Waals surface area contributed by atoms with Crippen molar-refractivity contribution in [3.05, 3.63) is 75.3 Å². The normalized spacial score (nSPS) is 10.8. The number of nitrogens with one attached hydrogen (secondary N) is 2. The molecule has 1 aromatic heterocycles. The van der Waals surface area contributed by atoms with Crippen LogP contribution >= 0.6 is 0 Å². The standard InChI is InChI=1S/C22H26N4O3/c1-2-25(17-9-4-3-5-10-17)15-8-14-23-20(27)13-16-26-22(29)19-12-7-6-11-18(19)21(28)24-26/h3-7,9-12H,2,8,13-16H2,1H3,(H,23,27)(H,24,28). The third-order valence-electron chi connectivity index (χ3n) is 4.88. The summed E-state index contributed by atoms with van der Waals surface area (Å²) >= 11 is 0. The van der Waals surface area contributed by atoms with Crippen LogP contribution in [0, 0.1) is 0 Å². The highest BCUT2D eigenvalue weighted by atomic mass is 16.2. The minimum Gasteiger partial charge on any atom is -0.372 e. The SMILES string of the molecule is CCN(CCCNC(=O)CCn1[nH]c(=O)c2ccccc2c1=O)c1ccccc1. The first-order valence-electron chi connectivity index (χ1n) is 9.88. The molecule has 0 aliphatic heterocycles. The first-order valence-corrected chi connectivity index (χ1v) is 9.88. The van der Waals surface area contributed by atoms with Gasteiger partial charge in [-0.05, 0) is 37.6 Å². The summed E-state index contributed by atoms with van der Waals surface area (Å²) in [7, 11) is 0. The van der Waals surface area contributed by atoms with Crippen LogP contribution in [0.4, 0.5) is 5.69 Å². The van der Waals surface area contributed by atoms with E-state index in [0.717, 1.165) is 19.5 Å². The van der Waals surface area contributed by atoms with E-state index in [1.807, 2.05) is 18.2 Å². The van der Waals surface area contributed by atoms with Crippen LogP contribution in [-0.2, 0) is 11.3 Å². The zero-order valence-electron chi connectivity index (χ0n) is 16.6. The molecule has 29 heavy (non-hydrogen) atoms. The maximum Gasteiger partial charge on any atom is 0.273 e. The zero-order chi connectivity index (χ0) is 20.6. The predicted octanol–water partition coefficient (Wildman–Crippen LogP) is 2.11. The molecule has 0 spiro atoms. The number of nitrogens with zero attached hydrogens (tertiary/aromatic N) is 2. The molecule has 0 fully saturated rings. The number of rotatable bonds is 9. The van der Waals surface area contributed by atoms with Gasteiger partial charge in [0, 0.05) is 31.7 Å². The minimum atomic E-state index is -0.332. The van der Waals surface area contributed by atoms with Crippen molar-refractivity contribution in [3.8, 4) is 0 Å². The van der Waals surface area contributed by atoms with Crippen LogP contribution in [0.15, 0.2) is 64.2 Å². The Bertz CT molecular complexity index is 1070. The molecule has 0 bridgehead atoms. The topological polar surface area (TPSA) is 87.2 Å². The van der Waals surface area contributed by atoms with Crippen LogP contribution < -0.4 is 21.3 Å². The fourth-order valence-electron chi connectivity index (χ4n) is 3.31. The Morgan fingerprint density at radius 3 is 2.45 bits per heavy atom. The molecule has 3 rings (SSSR count). The average Bonchev–Trinajstić information content (AvgIpc) is 2.76. The van der Waals surface area contributed by atoms with E-state index in [1.165, 1.54) is 10.4 Å². The van der Waals surface area contributed by atoms with Gasteiger partial charge in [-0.15, -0.1) is 0 Å². The molecule has 152 valence electrons. The molecule has 7 heteroatoms. The Labute approximate surface area is 169 Å². The molecule has 1 amide bonds. The van der Waals surface area contributed by atoms with E-state index < -0.39 is 0 Å².